The van der Waals surface area contributed by atoms with Crippen LogP contribution in [0.2, 0.25) is 0 Å². The molecule has 1 aliphatic rings. The van der Waals surface area contributed by atoms with Crippen LogP contribution in [-0.2, 0) is 14.8 Å². The highest BCUT2D eigenvalue weighted by molar-refractivity contribution is 7.89. The van der Waals surface area contributed by atoms with Gasteiger partial charge in [0, 0.05) is 25.5 Å². The van der Waals surface area contributed by atoms with E-state index in [4.69, 9.17) is 0 Å². The maximum atomic E-state index is 12.5. The number of esters is 1. The Morgan fingerprint density at radius 3 is 2.84 bits per heavy atom. The van der Waals surface area contributed by atoms with E-state index in [1.807, 2.05) is 6.92 Å². The molecule has 2 rings (SSSR count). The van der Waals surface area contributed by atoms with Gasteiger partial charge >= 0.3 is 5.97 Å². The van der Waals surface area contributed by atoms with E-state index in [0.29, 0.717) is 19.0 Å². The first kappa shape index (κ1) is 14.0. The highest BCUT2D eigenvalue weighted by Crippen LogP contribution is 2.25. The van der Waals surface area contributed by atoms with Crippen LogP contribution in [-0.4, -0.2) is 43.9 Å². The highest BCUT2D eigenvalue weighted by Gasteiger charge is 2.33. The number of pyridine rings is 1. The van der Waals surface area contributed by atoms with Crippen LogP contribution >= 0.6 is 0 Å². The van der Waals surface area contributed by atoms with E-state index in [1.54, 1.807) is 0 Å². The lowest BCUT2D eigenvalue weighted by molar-refractivity contribution is 0.0596. The van der Waals surface area contributed by atoms with Gasteiger partial charge in [-0.1, -0.05) is 6.92 Å². The molecule has 1 unspecified atom stereocenters. The topological polar surface area (TPSA) is 76.6 Å². The van der Waals surface area contributed by atoms with E-state index in [1.165, 1.54) is 29.9 Å². The predicted octanol–water partition coefficient (Wildman–Crippen LogP) is 0.899. The van der Waals surface area contributed by atoms with Gasteiger partial charge < -0.3 is 4.74 Å². The molecule has 104 valence electrons. The van der Waals surface area contributed by atoms with Gasteiger partial charge in [0.15, 0.2) is 0 Å². The zero-order valence-electron chi connectivity index (χ0n) is 10.9. The average Bonchev–Trinajstić information content (AvgIpc) is 2.85. The smallest absolute Gasteiger partial charge is 0.339 e. The summed E-state index contributed by atoms with van der Waals surface area (Å²) in [6, 6.07) is 1.36. The van der Waals surface area contributed by atoms with Crippen LogP contribution in [0.4, 0.5) is 0 Å². The molecular weight excluding hydrogens is 268 g/mol. The van der Waals surface area contributed by atoms with Crippen molar-refractivity contribution < 1.29 is 17.9 Å². The van der Waals surface area contributed by atoms with Gasteiger partial charge in [-0.05, 0) is 18.4 Å². The number of ether oxygens (including phenoxy) is 1. The van der Waals surface area contributed by atoms with Crippen LogP contribution in [0.1, 0.15) is 23.7 Å². The van der Waals surface area contributed by atoms with Crippen molar-refractivity contribution in [3.8, 4) is 0 Å². The zero-order chi connectivity index (χ0) is 14.0. The second-order valence-corrected chi connectivity index (χ2v) is 6.53. The number of hydrogen-bond donors (Lipinski definition) is 0. The normalized spacial score (nSPS) is 20.4. The van der Waals surface area contributed by atoms with Gasteiger partial charge in [-0.15, -0.1) is 0 Å². The van der Waals surface area contributed by atoms with Crippen LogP contribution in [0.25, 0.3) is 0 Å². The lowest BCUT2D eigenvalue weighted by Crippen LogP contribution is -2.30. The van der Waals surface area contributed by atoms with Crippen molar-refractivity contribution in [3.05, 3.63) is 24.0 Å². The summed E-state index contributed by atoms with van der Waals surface area (Å²) in [5.41, 5.74) is 0.0250. The Hall–Kier alpha value is -1.47. The second kappa shape index (κ2) is 5.26. The molecule has 2 heterocycles. The highest BCUT2D eigenvalue weighted by atomic mass is 32.2. The lowest BCUT2D eigenvalue weighted by Gasteiger charge is -2.17. The first-order valence-corrected chi connectivity index (χ1v) is 7.43. The molecule has 1 aliphatic heterocycles. The largest absolute Gasteiger partial charge is 0.465 e. The van der Waals surface area contributed by atoms with Gasteiger partial charge in [0.05, 0.1) is 12.7 Å². The van der Waals surface area contributed by atoms with E-state index in [0.717, 1.165) is 6.42 Å². The summed E-state index contributed by atoms with van der Waals surface area (Å²) in [6.07, 6.45) is 3.40. The summed E-state index contributed by atoms with van der Waals surface area (Å²) < 4.78 is 31.0. The van der Waals surface area contributed by atoms with Crippen molar-refractivity contribution >= 4 is 16.0 Å². The van der Waals surface area contributed by atoms with Gasteiger partial charge in [-0.25, -0.2) is 13.2 Å². The average molecular weight is 284 g/mol. The minimum atomic E-state index is -3.69. The standard InChI is InChI=1S/C12H16N2O4S/c1-9-4-6-14(8-9)19(16,17)11-7-13-5-3-10(11)12(15)18-2/h3,5,7,9H,4,6,8H2,1-2H3. The molecule has 19 heavy (non-hydrogen) atoms. The fourth-order valence-electron chi connectivity index (χ4n) is 2.12. The summed E-state index contributed by atoms with van der Waals surface area (Å²) in [4.78, 5) is 15.3. The van der Waals surface area contributed by atoms with Crippen molar-refractivity contribution in [1.29, 1.82) is 0 Å². The quantitative estimate of drug-likeness (QED) is 0.771. The Morgan fingerprint density at radius 2 is 2.26 bits per heavy atom. The fourth-order valence-corrected chi connectivity index (χ4v) is 3.81. The molecule has 0 aromatic carbocycles. The van der Waals surface area contributed by atoms with E-state index in [-0.39, 0.29) is 10.5 Å². The van der Waals surface area contributed by atoms with Gasteiger partial charge in [0.2, 0.25) is 10.0 Å². The Morgan fingerprint density at radius 1 is 1.53 bits per heavy atom. The Bertz CT molecular complexity index is 585. The molecule has 0 bridgehead atoms. The molecule has 1 aromatic rings. The van der Waals surface area contributed by atoms with E-state index in [2.05, 4.69) is 9.72 Å². The molecule has 1 fully saturated rings. The third-order valence-corrected chi connectivity index (χ3v) is 5.09. The van der Waals surface area contributed by atoms with Crippen LogP contribution in [0.3, 0.4) is 0 Å². The van der Waals surface area contributed by atoms with Crippen molar-refractivity contribution in [2.75, 3.05) is 20.2 Å². The molecule has 0 saturated carbocycles. The fraction of sp³-hybridized carbons (Fsp3) is 0.500. The molecule has 1 atom stereocenters. The summed E-state index contributed by atoms with van der Waals surface area (Å²) in [5, 5.41) is 0. The van der Waals surface area contributed by atoms with Crippen molar-refractivity contribution in [1.82, 2.24) is 9.29 Å². The number of hydrogen-bond acceptors (Lipinski definition) is 5. The minimum Gasteiger partial charge on any atom is -0.465 e. The molecule has 7 heteroatoms. The van der Waals surface area contributed by atoms with Crippen LogP contribution in [0, 0.1) is 5.92 Å². The SMILES string of the molecule is COC(=O)c1ccncc1S(=O)(=O)N1CCC(C)C1. The maximum absolute atomic E-state index is 12.5. The maximum Gasteiger partial charge on any atom is 0.339 e. The van der Waals surface area contributed by atoms with E-state index >= 15 is 0 Å². The lowest BCUT2D eigenvalue weighted by atomic mass is 10.2. The summed E-state index contributed by atoms with van der Waals surface area (Å²) in [5.74, 6) is -0.346. The Labute approximate surface area is 112 Å². The third kappa shape index (κ3) is 2.62. The number of carbonyl (C=O) groups excluding carboxylic acids is 1. The number of rotatable bonds is 3. The monoisotopic (exact) mass is 284 g/mol. The number of methoxy groups -OCH3 is 1. The summed E-state index contributed by atoms with van der Waals surface area (Å²) in [7, 11) is -2.47. The second-order valence-electron chi connectivity index (χ2n) is 4.62. The Kier molecular flexibility index (Phi) is 3.86. The van der Waals surface area contributed by atoms with Gasteiger partial charge in [0.1, 0.15) is 4.90 Å². The molecule has 0 radical (unpaired) electrons. The number of aromatic nitrogens is 1. The molecule has 0 spiro atoms. The van der Waals surface area contributed by atoms with E-state index in [9.17, 15) is 13.2 Å². The summed E-state index contributed by atoms with van der Waals surface area (Å²) >= 11 is 0. The minimum absolute atomic E-state index is 0.0250. The molecular formula is C12H16N2O4S. The molecule has 0 aliphatic carbocycles. The van der Waals surface area contributed by atoms with Crippen molar-refractivity contribution in [2.45, 2.75) is 18.2 Å². The van der Waals surface area contributed by atoms with E-state index < -0.39 is 16.0 Å². The van der Waals surface area contributed by atoms with Gasteiger partial charge in [-0.2, -0.15) is 4.31 Å². The van der Waals surface area contributed by atoms with Gasteiger partial charge in [-0.3, -0.25) is 4.98 Å². The number of carbonyl (C=O) groups is 1. The molecule has 6 nitrogen and oxygen atoms in total. The van der Waals surface area contributed by atoms with Crippen molar-refractivity contribution in [2.24, 2.45) is 5.92 Å². The predicted molar refractivity (Wildman–Crippen MR) is 68.1 cm³/mol. The van der Waals surface area contributed by atoms with Gasteiger partial charge in [0.25, 0.3) is 0 Å². The molecule has 1 saturated heterocycles. The van der Waals surface area contributed by atoms with Crippen LogP contribution in [0.15, 0.2) is 23.4 Å². The first-order chi connectivity index (χ1) is 8.96. The Balaban J connectivity index is 2.44. The summed E-state index contributed by atoms with van der Waals surface area (Å²) in [6.45, 7) is 2.94. The molecule has 1 aromatic heterocycles. The zero-order valence-corrected chi connectivity index (χ0v) is 11.7. The number of sulfonamides is 1. The molecule has 0 amide bonds. The third-order valence-electron chi connectivity index (χ3n) is 3.19. The first-order valence-electron chi connectivity index (χ1n) is 5.99. The van der Waals surface area contributed by atoms with Crippen molar-refractivity contribution in [3.63, 3.8) is 0 Å². The molecule has 0 N–H and O–H groups in total. The van der Waals surface area contributed by atoms with Crippen LogP contribution in [0.5, 0.6) is 0 Å². The number of nitrogens with zero attached hydrogens (tertiary/aromatic N) is 2. The van der Waals surface area contributed by atoms with Crippen LogP contribution < -0.4 is 0 Å².